The summed E-state index contributed by atoms with van der Waals surface area (Å²) in [7, 11) is 2.07. The van der Waals surface area contributed by atoms with Crippen molar-refractivity contribution in [3.05, 3.63) is 12.1 Å². The van der Waals surface area contributed by atoms with Crippen molar-refractivity contribution in [1.82, 2.24) is 4.98 Å². The van der Waals surface area contributed by atoms with Crippen LogP contribution in [0.3, 0.4) is 0 Å². The highest BCUT2D eigenvalue weighted by molar-refractivity contribution is 5.54. The Morgan fingerprint density at radius 2 is 2.17 bits per heavy atom. The number of hydrogen-bond acceptors (Lipinski definition) is 4. The van der Waals surface area contributed by atoms with Crippen LogP contribution in [0.4, 0.5) is 11.5 Å². The minimum absolute atomic E-state index is 0.0869. The number of ether oxygens (including phenoxy) is 1. The Labute approximate surface area is 109 Å². The number of nitrogens with zero attached hydrogens (tertiary/aromatic N) is 2. The molecule has 4 heteroatoms. The molecule has 1 aromatic heterocycles. The molecule has 100 valence electrons. The van der Waals surface area contributed by atoms with Gasteiger partial charge in [0.1, 0.15) is 5.82 Å². The number of nitrogens with two attached hydrogens (primary N) is 1. The van der Waals surface area contributed by atoms with Crippen LogP contribution in [0.2, 0.25) is 0 Å². The van der Waals surface area contributed by atoms with Crippen LogP contribution in [0.5, 0.6) is 5.88 Å². The standard InChI is InChI=1S/C14H23N3O/c1-9(2)18-14-12(15)5-6-13(16-14)17(4)8-11-7-10(11)3/h5-6,9-11H,7-8,15H2,1-4H3. The molecule has 0 aromatic carbocycles. The topological polar surface area (TPSA) is 51.4 Å². The number of rotatable bonds is 5. The van der Waals surface area contributed by atoms with Crippen molar-refractivity contribution in [2.45, 2.75) is 33.3 Å². The van der Waals surface area contributed by atoms with E-state index >= 15 is 0 Å². The van der Waals surface area contributed by atoms with E-state index in [4.69, 9.17) is 10.5 Å². The molecule has 18 heavy (non-hydrogen) atoms. The zero-order chi connectivity index (χ0) is 13.3. The Morgan fingerprint density at radius 3 is 2.72 bits per heavy atom. The predicted octanol–water partition coefficient (Wildman–Crippen LogP) is 2.54. The fourth-order valence-corrected chi connectivity index (χ4v) is 2.07. The third-order valence-corrected chi connectivity index (χ3v) is 3.40. The van der Waals surface area contributed by atoms with Gasteiger partial charge in [-0.25, -0.2) is 0 Å². The monoisotopic (exact) mass is 249 g/mol. The van der Waals surface area contributed by atoms with Crippen molar-refractivity contribution in [2.75, 3.05) is 24.2 Å². The lowest BCUT2D eigenvalue weighted by Gasteiger charge is -2.20. The first-order chi connectivity index (χ1) is 8.47. The van der Waals surface area contributed by atoms with Crippen molar-refractivity contribution < 1.29 is 4.74 Å². The fraction of sp³-hybridized carbons (Fsp3) is 0.643. The average molecular weight is 249 g/mol. The number of aromatic nitrogens is 1. The number of anilines is 2. The predicted molar refractivity (Wildman–Crippen MR) is 75.0 cm³/mol. The van der Waals surface area contributed by atoms with Gasteiger partial charge in [0.15, 0.2) is 0 Å². The highest BCUT2D eigenvalue weighted by Crippen LogP contribution is 2.38. The molecule has 2 rings (SSSR count). The van der Waals surface area contributed by atoms with Crippen LogP contribution in [0, 0.1) is 11.8 Å². The molecular formula is C14H23N3O. The summed E-state index contributed by atoms with van der Waals surface area (Å²) in [6.45, 7) is 7.30. The van der Waals surface area contributed by atoms with E-state index in [0.717, 1.165) is 24.2 Å². The SMILES string of the molecule is CC(C)Oc1nc(N(C)CC2CC2C)ccc1N. The Hall–Kier alpha value is -1.45. The molecule has 0 bridgehead atoms. The lowest BCUT2D eigenvalue weighted by atomic mass is 10.3. The quantitative estimate of drug-likeness (QED) is 0.871. The van der Waals surface area contributed by atoms with Crippen molar-refractivity contribution in [3.63, 3.8) is 0 Å². The van der Waals surface area contributed by atoms with Crippen LogP contribution in [0.15, 0.2) is 12.1 Å². The molecule has 4 nitrogen and oxygen atoms in total. The van der Waals surface area contributed by atoms with Gasteiger partial charge in [-0.15, -0.1) is 0 Å². The van der Waals surface area contributed by atoms with Gasteiger partial charge in [0, 0.05) is 13.6 Å². The summed E-state index contributed by atoms with van der Waals surface area (Å²) in [5.74, 6) is 3.13. The van der Waals surface area contributed by atoms with Crippen LogP contribution in [-0.4, -0.2) is 24.7 Å². The largest absolute Gasteiger partial charge is 0.473 e. The molecule has 2 atom stereocenters. The highest BCUT2D eigenvalue weighted by Gasteiger charge is 2.33. The van der Waals surface area contributed by atoms with E-state index < -0.39 is 0 Å². The Kier molecular flexibility index (Phi) is 3.64. The van der Waals surface area contributed by atoms with Crippen LogP contribution >= 0.6 is 0 Å². The van der Waals surface area contributed by atoms with Gasteiger partial charge in [-0.1, -0.05) is 6.92 Å². The van der Waals surface area contributed by atoms with E-state index in [-0.39, 0.29) is 6.10 Å². The van der Waals surface area contributed by atoms with Gasteiger partial charge in [0.2, 0.25) is 5.88 Å². The molecule has 0 spiro atoms. The van der Waals surface area contributed by atoms with E-state index in [0.29, 0.717) is 11.6 Å². The first kappa shape index (κ1) is 13.0. The summed E-state index contributed by atoms with van der Waals surface area (Å²) in [5.41, 5.74) is 6.47. The van der Waals surface area contributed by atoms with E-state index in [1.165, 1.54) is 6.42 Å². The maximum Gasteiger partial charge on any atom is 0.239 e. The van der Waals surface area contributed by atoms with Gasteiger partial charge in [-0.05, 0) is 44.2 Å². The lowest BCUT2D eigenvalue weighted by Crippen LogP contribution is -2.22. The normalized spacial score (nSPS) is 22.1. The molecule has 0 aliphatic heterocycles. The second-order valence-corrected chi connectivity index (χ2v) is 5.58. The average Bonchev–Trinajstić information content (AvgIpc) is 2.96. The molecule has 2 unspecified atom stereocenters. The first-order valence-corrected chi connectivity index (χ1v) is 6.61. The van der Waals surface area contributed by atoms with Crippen molar-refractivity contribution >= 4 is 11.5 Å². The summed E-state index contributed by atoms with van der Waals surface area (Å²) in [5, 5.41) is 0. The minimum Gasteiger partial charge on any atom is -0.473 e. The maximum atomic E-state index is 5.87. The van der Waals surface area contributed by atoms with Crippen molar-refractivity contribution in [1.29, 1.82) is 0 Å². The lowest BCUT2D eigenvalue weighted by molar-refractivity contribution is 0.234. The summed E-state index contributed by atoms with van der Waals surface area (Å²) in [6, 6.07) is 3.82. The van der Waals surface area contributed by atoms with Crippen LogP contribution in [0.1, 0.15) is 27.2 Å². The molecule has 0 saturated heterocycles. The molecule has 1 saturated carbocycles. The van der Waals surface area contributed by atoms with E-state index in [2.05, 4.69) is 23.9 Å². The second-order valence-electron chi connectivity index (χ2n) is 5.58. The zero-order valence-corrected chi connectivity index (χ0v) is 11.7. The van der Waals surface area contributed by atoms with Gasteiger partial charge in [-0.2, -0.15) is 4.98 Å². The van der Waals surface area contributed by atoms with Crippen molar-refractivity contribution in [3.8, 4) is 5.88 Å². The van der Waals surface area contributed by atoms with Gasteiger partial charge >= 0.3 is 0 Å². The highest BCUT2D eigenvalue weighted by atomic mass is 16.5. The Balaban J connectivity index is 2.07. The summed E-state index contributed by atoms with van der Waals surface area (Å²) in [4.78, 5) is 6.68. The van der Waals surface area contributed by atoms with E-state index in [1.807, 2.05) is 26.0 Å². The molecule has 1 aromatic rings. The second kappa shape index (κ2) is 5.04. The number of hydrogen-bond donors (Lipinski definition) is 1. The molecule has 2 N–H and O–H groups in total. The number of pyridine rings is 1. The minimum atomic E-state index is 0.0869. The molecule has 1 heterocycles. The molecule has 0 radical (unpaired) electrons. The molecule has 1 aliphatic rings. The molecular weight excluding hydrogens is 226 g/mol. The van der Waals surface area contributed by atoms with E-state index in [1.54, 1.807) is 0 Å². The molecule has 0 amide bonds. The molecule has 1 fully saturated rings. The first-order valence-electron chi connectivity index (χ1n) is 6.61. The fourth-order valence-electron chi connectivity index (χ4n) is 2.07. The summed E-state index contributed by atoms with van der Waals surface area (Å²) >= 11 is 0. The number of nitrogen functional groups attached to an aromatic ring is 1. The van der Waals surface area contributed by atoms with E-state index in [9.17, 15) is 0 Å². The van der Waals surface area contributed by atoms with Crippen LogP contribution in [0.25, 0.3) is 0 Å². The van der Waals surface area contributed by atoms with Gasteiger partial charge in [-0.3, -0.25) is 0 Å². The van der Waals surface area contributed by atoms with Crippen LogP contribution in [-0.2, 0) is 0 Å². The third kappa shape index (κ3) is 3.06. The van der Waals surface area contributed by atoms with Gasteiger partial charge in [0.25, 0.3) is 0 Å². The Morgan fingerprint density at radius 1 is 1.50 bits per heavy atom. The summed E-state index contributed by atoms with van der Waals surface area (Å²) < 4.78 is 5.61. The zero-order valence-electron chi connectivity index (χ0n) is 11.7. The van der Waals surface area contributed by atoms with Gasteiger partial charge in [0.05, 0.1) is 11.8 Å². The maximum absolute atomic E-state index is 5.87. The summed E-state index contributed by atoms with van der Waals surface area (Å²) in [6.07, 6.45) is 1.41. The van der Waals surface area contributed by atoms with Crippen molar-refractivity contribution in [2.24, 2.45) is 11.8 Å². The molecule has 1 aliphatic carbocycles. The van der Waals surface area contributed by atoms with Gasteiger partial charge < -0.3 is 15.4 Å². The van der Waals surface area contributed by atoms with Crippen LogP contribution < -0.4 is 15.4 Å². The third-order valence-electron chi connectivity index (χ3n) is 3.40. The Bertz CT molecular complexity index is 420. The smallest absolute Gasteiger partial charge is 0.239 e.